The Morgan fingerprint density at radius 2 is 1.65 bits per heavy atom. The van der Waals surface area contributed by atoms with Crippen LogP contribution in [0.2, 0.25) is 0 Å². The normalized spacial score (nSPS) is 12.9. The fourth-order valence-corrected chi connectivity index (χ4v) is 4.78. The molecule has 192 valence electrons. The average molecular weight is 500 g/mol. The lowest BCUT2D eigenvalue weighted by Gasteiger charge is -2.33. The topological polar surface area (TPSA) is 55.2 Å². The number of unbranched alkanes of at least 4 members (excludes halogenated alkanes) is 1. The maximum absolute atomic E-state index is 14.0. The molecule has 1 heterocycles. The van der Waals surface area contributed by atoms with Gasteiger partial charge in [-0.25, -0.2) is 9.37 Å². The van der Waals surface area contributed by atoms with Crippen molar-refractivity contribution in [2.24, 2.45) is 5.92 Å². The molecule has 0 radical (unpaired) electrons. The van der Waals surface area contributed by atoms with Gasteiger partial charge in [0.1, 0.15) is 11.6 Å². The van der Waals surface area contributed by atoms with Crippen molar-refractivity contribution in [3.8, 4) is 5.69 Å². The first-order valence-corrected chi connectivity index (χ1v) is 13.1. The SMILES string of the molecule is CCCCC(CC)C(=O)N(Cc1ccccc1)C(C)c1nc2ccccc2c(=O)n1-c1ccc(F)cc1. The molecule has 4 rings (SSSR count). The van der Waals surface area contributed by atoms with E-state index in [9.17, 15) is 14.0 Å². The van der Waals surface area contributed by atoms with Crippen LogP contribution in [0.15, 0.2) is 83.7 Å². The summed E-state index contributed by atoms with van der Waals surface area (Å²) in [6.45, 7) is 6.49. The maximum Gasteiger partial charge on any atom is 0.266 e. The Balaban J connectivity index is 1.88. The number of halogens is 1. The smallest absolute Gasteiger partial charge is 0.266 e. The van der Waals surface area contributed by atoms with Crippen LogP contribution in [0.4, 0.5) is 4.39 Å². The standard InChI is InChI=1S/C31H34FN3O2/c1-4-6-14-24(5-2)30(36)34(21-23-12-8-7-9-13-23)22(3)29-33-28-16-11-10-15-27(28)31(37)35(29)26-19-17-25(32)18-20-26/h7-13,15-20,22,24H,4-6,14,21H2,1-3H3. The number of carbonyl (C=O) groups is 1. The van der Waals surface area contributed by atoms with E-state index in [-0.39, 0.29) is 23.2 Å². The van der Waals surface area contributed by atoms with Crippen LogP contribution >= 0.6 is 0 Å². The van der Waals surface area contributed by atoms with E-state index < -0.39 is 6.04 Å². The number of para-hydroxylation sites is 1. The third-order valence-corrected chi connectivity index (χ3v) is 6.95. The Morgan fingerprint density at radius 3 is 2.32 bits per heavy atom. The van der Waals surface area contributed by atoms with Gasteiger partial charge in [0.2, 0.25) is 5.91 Å². The van der Waals surface area contributed by atoms with Crippen molar-refractivity contribution in [3.63, 3.8) is 0 Å². The highest BCUT2D eigenvalue weighted by atomic mass is 19.1. The van der Waals surface area contributed by atoms with Crippen molar-refractivity contribution >= 4 is 16.8 Å². The molecular formula is C31H34FN3O2. The molecule has 6 heteroatoms. The zero-order valence-corrected chi connectivity index (χ0v) is 21.7. The van der Waals surface area contributed by atoms with Gasteiger partial charge in [0.05, 0.1) is 22.6 Å². The number of nitrogens with zero attached hydrogens (tertiary/aromatic N) is 3. The number of fused-ring (bicyclic) bond motifs is 1. The fourth-order valence-electron chi connectivity index (χ4n) is 4.78. The maximum atomic E-state index is 14.0. The molecule has 0 saturated heterocycles. The molecule has 0 aliphatic heterocycles. The first-order chi connectivity index (χ1) is 17.9. The number of rotatable bonds is 10. The minimum atomic E-state index is -0.509. The predicted octanol–water partition coefficient (Wildman–Crippen LogP) is 6.83. The molecule has 1 amide bonds. The Bertz CT molecular complexity index is 1400. The van der Waals surface area contributed by atoms with Gasteiger partial charge in [0, 0.05) is 12.5 Å². The first kappa shape index (κ1) is 26.3. The van der Waals surface area contributed by atoms with Crippen molar-refractivity contribution in [2.45, 2.75) is 59.0 Å². The predicted molar refractivity (Wildman–Crippen MR) is 146 cm³/mol. The van der Waals surface area contributed by atoms with E-state index in [0.29, 0.717) is 29.0 Å². The summed E-state index contributed by atoms with van der Waals surface area (Å²) in [4.78, 5) is 34.5. The quantitative estimate of drug-likeness (QED) is 0.240. The molecule has 0 N–H and O–H groups in total. The summed E-state index contributed by atoms with van der Waals surface area (Å²) in [7, 11) is 0. The van der Waals surface area contributed by atoms with Crippen molar-refractivity contribution in [1.29, 1.82) is 0 Å². The number of benzene rings is 3. The molecule has 4 aromatic rings. The minimum absolute atomic E-state index is 0.0559. The van der Waals surface area contributed by atoms with Gasteiger partial charge in [-0.05, 0) is 61.7 Å². The second kappa shape index (κ2) is 12.0. The largest absolute Gasteiger partial charge is 0.328 e. The zero-order valence-electron chi connectivity index (χ0n) is 21.7. The molecule has 37 heavy (non-hydrogen) atoms. The number of aromatic nitrogens is 2. The molecule has 1 aromatic heterocycles. The number of amides is 1. The second-order valence-electron chi connectivity index (χ2n) is 9.48. The number of carbonyl (C=O) groups excluding carboxylic acids is 1. The molecule has 5 nitrogen and oxygen atoms in total. The molecule has 3 aromatic carbocycles. The Labute approximate surface area is 217 Å². The fraction of sp³-hybridized carbons (Fsp3) is 0.323. The van der Waals surface area contributed by atoms with Gasteiger partial charge in [-0.3, -0.25) is 14.2 Å². The van der Waals surface area contributed by atoms with Crippen LogP contribution in [-0.4, -0.2) is 20.4 Å². The van der Waals surface area contributed by atoms with Gasteiger partial charge >= 0.3 is 0 Å². The van der Waals surface area contributed by atoms with E-state index in [1.165, 1.54) is 16.7 Å². The third kappa shape index (κ3) is 5.79. The lowest BCUT2D eigenvalue weighted by Crippen LogP contribution is -2.40. The van der Waals surface area contributed by atoms with Crippen LogP contribution in [0.1, 0.15) is 63.9 Å². The first-order valence-electron chi connectivity index (χ1n) is 13.1. The van der Waals surface area contributed by atoms with Crippen LogP contribution in [0, 0.1) is 11.7 Å². The van der Waals surface area contributed by atoms with Crippen LogP contribution < -0.4 is 5.56 Å². The highest BCUT2D eigenvalue weighted by molar-refractivity contribution is 5.80. The van der Waals surface area contributed by atoms with Gasteiger partial charge in [0.25, 0.3) is 5.56 Å². The molecule has 0 fully saturated rings. The van der Waals surface area contributed by atoms with Gasteiger partial charge in [-0.2, -0.15) is 0 Å². The lowest BCUT2D eigenvalue weighted by atomic mass is 9.96. The third-order valence-electron chi connectivity index (χ3n) is 6.95. The molecule has 0 spiro atoms. The molecule has 2 unspecified atom stereocenters. The van der Waals surface area contributed by atoms with E-state index >= 15 is 0 Å². The second-order valence-corrected chi connectivity index (χ2v) is 9.48. The Morgan fingerprint density at radius 1 is 0.973 bits per heavy atom. The summed E-state index contributed by atoms with van der Waals surface area (Å²) in [6, 6.07) is 22.4. The van der Waals surface area contributed by atoms with E-state index in [0.717, 1.165) is 31.2 Å². The van der Waals surface area contributed by atoms with Gasteiger partial charge in [0.15, 0.2) is 0 Å². The van der Waals surface area contributed by atoms with E-state index in [4.69, 9.17) is 4.98 Å². The van der Waals surface area contributed by atoms with Crippen molar-refractivity contribution in [2.75, 3.05) is 0 Å². The molecule has 0 aliphatic carbocycles. The zero-order chi connectivity index (χ0) is 26.4. The van der Waals surface area contributed by atoms with Crippen LogP contribution in [0.3, 0.4) is 0 Å². The van der Waals surface area contributed by atoms with Crippen molar-refractivity contribution < 1.29 is 9.18 Å². The van der Waals surface area contributed by atoms with Gasteiger partial charge in [-0.15, -0.1) is 0 Å². The molecule has 0 bridgehead atoms. The summed E-state index contributed by atoms with van der Waals surface area (Å²) in [5, 5.41) is 0.470. The number of hydrogen-bond acceptors (Lipinski definition) is 3. The van der Waals surface area contributed by atoms with Crippen LogP contribution in [0.5, 0.6) is 0 Å². The highest BCUT2D eigenvalue weighted by Crippen LogP contribution is 2.28. The Kier molecular flexibility index (Phi) is 8.49. The molecule has 2 atom stereocenters. The summed E-state index contributed by atoms with van der Waals surface area (Å²) in [6.07, 6.45) is 3.56. The monoisotopic (exact) mass is 499 g/mol. The van der Waals surface area contributed by atoms with Crippen molar-refractivity contribution in [1.82, 2.24) is 14.5 Å². The van der Waals surface area contributed by atoms with Gasteiger partial charge < -0.3 is 4.90 Å². The van der Waals surface area contributed by atoms with Crippen LogP contribution in [0.25, 0.3) is 16.6 Å². The summed E-state index contributed by atoms with van der Waals surface area (Å²) < 4.78 is 15.3. The van der Waals surface area contributed by atoms with Crippen LogP contribution in [-0.2, 0) is 11.3 Å². The van der Waals surface area contributed by atoms with Crippen molar-refractivity contribution in [3.05, 3.63) is 106 Å². The summed E-state index contributed by atoms with van der Waals surface area (Å²) in [5.74, 6) is 0.00519. The molecular weight excluding hydrogens is 465 g/mol. The van der Waals surface area contributed by atoms with E-state index in [1.807, 2.05) is 55.1 Å². The molecule has 0 saturated carbocycles. The minimum Gasteiger partial charge on any atom is -0.328 e. The summed E-state index contributed by atoms with van der Waals surface area (Å²) >= 11 is 0. The number of hydrogen-bond donors (Lipinski definition) is 0. The highest BCUT2D eigenvalue weighted by Gasteiger charge is 2.30. The Hall–Kier alpha value is -3.80. The summed E-state index contributed by atoms with van der Waals surface area (Å²) in [5.41, 5.74) is 1.84. The average Bonchev–Trinajstić information content (AvgIpc) is 2.93. The molecule has 0 aliphatic rings. The van der Waals surface area contributed by atoms with E-state index in [2.05, 4.69) is 6.92 Å². The van der Waals surface area contributed by atoms with Gasteiger partial charge in [-0.1, -0.05) is 69.2 Å². The van der Waals surface area contributed by atoms with E-state index in [1.54, 1.807) is 30.3 Å². The lowest BCUT2D eigenvalue weighted by molar-refractivity contribution is -0.139.